The Kier molecular flexibility index (Phi) is 6.62. The Hall–Kier alpha value is -3.06. The summed E-state index contributed by atoms with van der Waals surface area (Å²) in [6.45, 7) is 2.30. The van der Waals surface area contributed by atoms with Gasteiger partial charge < -0.3 is 10.1 Å². The molecule has 0 radical (unpaired) electrons. The molecule has 0 aliphatic carbocycles. The molecule has 6 nitrogen and oxygen atoms in total. The van der Waals surface area contributed by atoms with Crippen molar-refractivity contribution in [1.82, 2.24) is 5.32 Å². The van der Waals surface area contributed by atoms with Crippen LogP contribution in [0.25, 0.3) is 10.8 Å². The Morgan fingerprint density at radius 3 is 2.37 bits per heavy atom. The van der Waals surface area contributed by atoms with Gasteiger partial charge in [0.25, 0.3) is 5.91 Å². The summed E-state index contributed by atoms with van der Waals surface area (Å²) in [5, 5.41) is 5.20. The fourth-order valence-corrected chi connectivity index (χ4v) is 3.66. The van der Waals surface area contributed by atoms with Crippen molar-refractivity contribution in [2.75, 3.05) is 17.6 Å². The molecule has 3 aromatic carbocycles. The van der Waals surface area contributed by atoms with Gasteiger partial charge in [0.05, 0.1) is 11.9 Å². The molecule has 0 unspecified atom stereocenters. The monoisotopic (exact) mass is 426 g/mol. The van der Waals surface area contributed by atoms with E-state index >= 15 is 0 Å². The van der Waals surface area contributed by atoms with E-state index in [2.05, 4.69) is 5.32 Å². The lowest BCUT2D eigenvalue weighted by Crippen LogP contribution is -2.37. The van der Waals surface area contributed by atoms with Gasteiger partial charge in [-0.1, -0.05) is 49.4 Å². The standard InChI is InChI=1S/C23H26N2O4S/c1-4-22(29-20-14-12-19(13-15-20)25(2)30(3,27)28)23(26)24-16-18-10-7-9-17-8-5-6-11-21(17)18/h5-15,22H,4,16H2,1-3H3,(H,24,26)/t22-/m1/s1. The minimum absolute atomic E-state index is 0.192. The number of anilines is 1. The molecular weight excluding hydrogens is 400 g/mol. The number of amides is 1. The van der Waals surface area contributed by atoms with Crippen LogP contribution >= 0.6 is 0 Å². The van der Waals surface area contributed by atoms with Crippen molar-refractivity contribution in [3.05, 3.63) is 72.3 Å². The van der Waals surface area contributed by atoms with E-state index in [1.807, 2.05) is 49.4 Å². The third-order valence-corrected chi connectivity index (χ3v) is 6.18. The molecule has 1 N–H and O–H groups in total. The highest BCUT2D eigenvalue weighted by Crippen LogP contribution is 2.22. The zero-order valence-electron chi connectivity index (χ0n) is 17.3. The number of rotatable bonds is 8. The minimum Gasteiger partial charge on any atom is -0.481 e. The molecule has 3 rings (SSSR count). The van der Waals surface area contributed by atoms with Gasteiger partial charge in [-0.25, -0.2) is 8.42 Å². The largest absolute Gasteiger partial charge is 0.481 e. The van der Waals surface area contributed by atoms with Gasteiger partial charge in [-0.15, -0.1) is 0 Å². The van der Waals surface area contributed by atoms with E-state index < -0.39 is 16.1 Å². The number of hydrogen-bond donors (Lipinski definition) is 1. The van der Waals surface area contributed by atoms with Crippen LogP contribution in [0.15, 0.2) is 66.7 Å². The third-order valence-electron chi connectivity index (χ3n) is 4.97. The van der Waals surface area contributed by atoms with E-state index in [4.69, 9.17) is 4.74 Å². The van der Waals surface area contributed by atoms with Crippen LogP contribution in [0.4, 0.5) is 5.69 Å². The smallest absolute Gasteiger partial charge is 0.261 e. The molecule has 0 bridgehead atoms. The Morgan fingerprint density at radius 1 is 1.03 bits per heavy atom. The Morgan fingerprint density at radius 2 is 1.70 bits per heavy atom. The van der Waals surface area contributed by atoms with Crippen LogP contribution in [-0.4, -0.2) is 33.7 Å². The van der Waals surface area contributed by atoms with Crippen molar-refractivity contribution < 1.29 is 17.9 Å². The van der Waals surface area contributed by atoms with Crippen molar-refractivity contribution in [3.8, 4) is 5.75 Å². The number of nitrogens with one attached hydrogen (secondary N) is 1. The molecule has 0 fully saturated rings. The van der Waals surface area contributed by atoms with E-state index in [1.54, 1.807) is 24.3 Å². The fraction of sp³-hybridized carbons (Fsp3) is 0.261. The topological polar surface area (TPSA) is 75.7 Å². The van der Waals surface area contributed by atoms with Crippen LogP contribution in [0.2, 0.25) is 0 Å². The number of hydrogen-bond acceptors (Lipinski definition) is 4. The molecule has 0 aromatic heterocycles. The van der Waals surface area contributed by atoms with Crippen LogP contribution in [0.3, 0.4) is 0 Å². The number of carbonyl (C=O) groups excluding carboxylic acids is 1. The second kappa shape index (κ2) is 9.17. The highest BCUT2D eigenvalue weighted by molar-refractivity contribution is 7.92. The number of sulfonamides is 1. The van der Waals surface area contributed by atoms with E-state index in [1.165, 1.54) is 11.4 Å². The molecule has 0 saturated heterocycles. The summed E-state index contributed by atoms with van der Waals surface area (Å²) in [6.07, 6.45) is 1.01. The molecule has 7 heteroatoms. The number of carbonyl (C=O) groups is 1. The predicted octanol–water partition coefficient (Wildman–Crippen LogP) is 3.71. The highest BCUT2D eigenvalue weighted by atomic mass is 32.2. The zero-order chi connectivity index (χ0) is 21.7. The van der Waals surface area contributed by atoms with E-state index in [9.17, 15) is 13.2 Å². The van der Waals surface area contributed by atoms with E-state index in [0.29, 0.717) is 24.4 Å². The van der Waals surface area contributed by atoms with Gasteiger partial charge in [-0.3, -0.25) is 9.10 Å². The maximum Gasteiger partial charge on any atom is 0.261 e. The molecule has 30 heavy (non-hydrogen) atoms. The van der Waals surface area contributed by atoms with Gasteiger partial charge in [-0.05, 0) is 47.0 Å². The Labute approximate surface area is 177 Å². The normalized spacial score (nSPS) is 12.4. The maximum absolute atomic E-state index is 12.7. The first-order valence-electron chi connectivity index (χ1n) is 9.74. The van der Waals surface area contributed by atoms with Gasteiger partial charge in [0.1, 0.15) is 5.75 Å². The average Bonchev–Trinajstić information content (AvgIpc) is 2.75. The number of ether oxygens (including phenoxy) is 1. The van der Waals surface area contributed by atoms with Gasteiger partial charge in [0, 0.05) is 13.6 Å². The molecule has 0 saturated carbocycles. The van der Waals surface area contributed by atoms with Gasteiger partial charge in [-0.2, -0.15) is 0 Å². The first-order chi connectivity index (χ1) is 14.3. The summed E-state index contributed by atoms with van der Waals surface area (Å²) >= 11 is 0. The maximum atomic E-state index is 12.7. The lowest BCUT2D eigenvalue weighted by Gasteiger charge is -2.19. The van der Waals surface area contributed by atoms with E-state index in [0.717, 1.165) is 22.6 Å². The lowest BCUT2D eigenvalue weighted by molar-refractivity contribution is -0.128. The summed E-state index contributed by atoms with van der Waals surface area (Å²) in [6, 6.07) is 20.7. The second-order valence-electron chi connectivity index (χ2n) is 7.10. The van der Waals surface area contributed by atoms with E-state index in [-0.39, 0.29) is 5.91 Å². The van der Waals surface area contributed by atoms with Crippen molar-refractivity contribution >= 4 is 32.4 Å². The van der Waals surface area contributed by atoms with Crippen molar-refractivity contribution in [1.29, 1.82) is 0 Å². The predicted molar refractivity (Wildman–Crippen MR) is 120 cm³/mol. The van der Waals surface area contributed by atoms with Crippen LogP contribution in [-0.2, 0) is 21.4 Å². The van der Waals surface area contributed by atoms with Gasteiger partial charge in [0.2, 0.25) is 10.0 Å². The molecule has 0 spiro atoms. The molecule has 0 heterocycles. The SMILES string of the molecule is CC[C@@H](Oc1ccc(N(C)S(C)(=O)=O)cc1)C(=O)NCc1cccc2ccccc12. The fourth-order valence-electron chi connectivity index (χ4n) is 3.16. The first-order valence-corrected chi connectivity index (χ1v) is 11.6. The van der Waals surface area contributed by atoms with Crippen LogP contribution in [0, 0.1) is 0 Å². The number of benzene rings is 3. The lowest BCUT2D eigenvalue weighted by atomic mass is 10.0. The van der Waals surface area contributed by atoms with Crippen LogP contribution in [0.1, 0.15) is 18.9 Å². The minimum atomic E-state index is -3.33. The Bertz CT molecular complexity index is 1120. The van der Waals surface area contributed by atoms with Crippen LogP contribution < -0.4 is 14.4 Å². The van der Waals surface area contributed by atoms with Crippen molar-refractivity contribution in [2.24, 2.45) is 0 Å². The summed E-state index contributed by atoms with van der Waals surface area (Å²) in [5.74, 6) is 0.315. The Balaban J connectivity index is 1.65. The number of nitrogens with zero attached hydrogens (tertiary/aromatic N) is 1. The molecule has 1 atom stereocenters. The van der Waals surface area contributed by atoms with Gasteiger partial charge >= 0.3 is 0 Å². The molecular formula is C23H26N2O4S. The quantitative estimate of drug-likeness (QED) is 0.596. The molecule has 3 aromatic rings. The summed E-state index contributed by atoms with van der Waals surface area (Å²) < 4.78 is 30.3. The molecule has 0 aliphatic heterocycles. The average molecular weight is 427 g/mol. The second-order valence-corrected chi connectivity index (χ2v) is 9.11. The summed E-state index contributed by atoms with van der Waals surface area (Å²) in [7, 11) is -1.84. The molecule has 158 valence electrons. The highest BCUT2D eigenvalue weighted by Gasteiger charge is 2.19. The summed E-state index contributed by atoms with van der Waals surface area (Å²) in [5.41, 5.74) is 1.57. The van der Waals surface area contributed by atoms with Crippen molar-refractivity contribution in [2.45, 2.75) is 26.0 Å². The number of fused-ring (bicyclic) bond motifs is 1. The summed E-state index contributed by atoms with van der Waals surface area (Å²) in [4.78, 5) is 12.7. The molecule has 0 aliphatic rings. The van der Waals surface area contributed by atoms with Gasteiger partial charge in [0.15, 0.2) is 6.10 Å². The third kappa shape index (κ3) is 5.10. The van der Waals surface area contributed by atoms with Crippen molar-refractivity contribution in [3.63, 3.8) is 0 Å². The first kappa shape index (κ1) is 21.6. The van der Waals surface area contributed by atoms with Crippen LogP contribution in [0.5, 0.6) is 5.75 Å². The molecule has 1 amide bonds. The zero-order valence-corrected chi connectivity index (χ0v) is 18.1.